The summed E-state index contributed by atoms with van der Waals surface area (Å²) >= 11 is 19.1. The van der Waals surface area contributed by atoms with Crippen molar-refractivity contribution in [2.75, 3.05) is 10.8 Å². The number of carbonyl (C=O) groups excluding carboxylic acids is 2. The molecule has 7 nitrogen and oxygen atoms in total. The van der Waals surface area contributed by atoms with Crippen LogP contribution in [-0.2, 0) is 32.6 Å². The Morgan fingerprint density at radius 1 is 0.848 bits per heavy atom. The van der Waals surface area contributed by atoms with Crippen LogP contribution in [0.3, 0.4) is 0 Å². The number of benzene rings is 4. The van der Waals surface area contributed by atoms with Crippen LogP contribution in [0.25, 0.3) is 0 Å². The molecule has 0 fully saturated rings. The summed E-state index contributed by atoms with van der Waals surface area (Å²) in [7, 11) is -4.38. The van der Waals surface area contributed by atoms with Gasteiger partial charge in [-0.2, -0.15) is 0 Å². The van der Waals surface area contributed by atoms with E-state index in [-0.39, 0.29) is 44.7 Å². The van der Waals surface area contributed by atoms with Gasteiger partial charge in [0.1, 0.15) is 18.4 Å². The first-order chi connectivity index (χ1) is 21.9. The minimum Gasteiger partial charge on any atom is -0.352 e. The molecule has 12 heteroatoms. The summed E-state index contributed by atoms with van der Waals surface area (Å²) in [5.41, 5.74) is 1.12. The summed E-state index contributed by atoms with van der Waals surface area (Å²) in [4.78, 5) is 29.6. The number of anilines is 1. The SMILES string of the molecule is CC[C@@H](C)NC(=O)[C@H](Cc1ccccc1)N(Cc1c(Cl)cccc1Cl)C(=O)CN(c1ccc(F)c(Cl)c1)S(=O)(=O)c1ccccc1. The van der Waals surface area contributed by atoms with Gasteiger partial charge in [-0.15, -0.1) is 0 Å². The lowest BCUT2D eigenvalue weighted by atomic mass is 10.0. The lowest BCUT2D eigenvalue weighted by Crippen LogP contribution is -2.54. The number of hydrogen-bond donors (Lipinski definition) is 1. The molecule has 0 bridgehead atoms. The first-order valence-corrected chi connectivity index (χ1v) is 17.1. The summed E-state index contributed by atoms with van der Waals surface area (Å²) in [6.45, 7) is 2.82. The first kappa shape index (κ1) is 35.2. The van der Waals surface area contributed by atoms with E-state index in [2.05, 4.69) is 5.32 Å². The summed E-state index contributed by atoms with van der Waals surface area (Å²) in [6, 6.07) is 23.6. The van der Waals surface area contributed by atoms with Crippen molar-refractivity contribution >= 4 is 62.3 Å². The fourth-order valence-electron chi connectivity index (χ4n) is 4.74. The fraction of sp³-hybridized carbons (Fsp3) is 0.235. The smallest absolute Gasteiger partial charge is 0.264 e. The van der Waals surface area contributed by atoms with Crippen LogP contribution in [0.2, 0.25) is 15.1 Å². The number of amides is 2. The highest BCUT2D eigenvalue weighted by Gasteiger charge is 2.35. The van der Waals surface area contributed by atoms with Gasteiger partial charge < -0.3 is 10.2 Å². The summed E-state index contributed by atoms with van der Waals surface area (Å²) in [5, 5.41) is 3.18. The maximum absolute atomic E-state index is 14.5. The second kappa shape index (κ2) is 15.8. The Hall–Kier alpha value is -3.63. The molecule has 1 N–H and O–H groups in total. The molecule has 4 aromatic carbocycles. The van der Waals surface area contributed by atoms with Crippen LogP contribution in [0.15, 0.2) is 102 Å². The number of sulfonamides is 1. The van der Waals surface area contributed by atoms with Crippen LogP contribution in [0, 0.1) is 5.82 Å². The molecule has 0 radical (unpaired) electrons. The van der Waals surface area contributed by atoms with Gasteiger partial charge in [0.05, 0.1) is 15.6 Å². The molecule has 4 rings (SSSR count). The van der Waals surface area contributed by atoms with E-state index in [0.717, 1.165) is 22.0 Å². The van der Waals surface area contributed by atoms with Gasteiger partial charge in [-0.25, -0.2) is 12.8 Å². The van der Waals surface area contributed by atoms with Crippen LogP contribution in [-0.4, -0.2) is 43.8 Å². The number of carbonyl (C=O) groups is 2. The van der Waals surface area contributed by atoms with Crippen molar-refractivity contribution in [3.8, 4) is 0 Å². The average Bonchev–Trinajstić information content (AvgIpc) is 3.04. The van der Waals surface area contributed by atoms with Crippen LogP contribution < -0.4 is 9.62 Å². The van der Waals surface area contributed by atoms with E-state index in [4.69, 9.17) is 34.8 Å². The molecule has 0 saturated carbocycles. The largest absolute Gasteiger partial charge is 0.352 e. The Bertz CT molecular complexity index is 1760. The summed E-state index contributed by atoms with van der Waals surface area (Å²) < 4.78 is 43.1. The van der Waals surface area contributed by atoms with Crippen molar-refractivity contribution in [3.05, 3.63) is 129 Å². The minimum absolute atomic E-state index is 0.0389. The van der Waals surface area contributed by atoms with Gasteiger partial charge in [0.25, 0.3) is 10.0 Å². The van der Waals surface area contributed by atoms with E-state index >= 15 is 0 Å². The van der Waals surface area contributed by atoms with Crippen LogP contribution in [0.5, 0.6) is 0 Å². The molecule has 2 amide bonds. The third kappa shape index (κ3) is 8.59. The van der Waals surface area contributed by atoms with Crippen LogP contribution in [0.4, 0.5) is 10.1 Å². The van der Waals surface area contributed by atoms with E-state index < -0.39 is 40.2 Å². The van der Waals surface area contributed by atoms with E-state index in [0.29, 0.717) is 12.0 Å². The molecular formula is C34H33Cl3FN3O4S. The highest BCUT2D eigenvalue weighted by molar-refractivity contribution is 7.92. The van der Waals surface area contributed by atoms with Crippen molar-refractivity contribution in [2.24, 2.45) is 0 Å². The predicted molar refractivity (Wildman–Crippen MR) is 181 cm³/mol. The normalized spacial score (nSPS) is 12.7. The van der Waals surface area contributed by atoms with E-state index in [1.54, 1.807) is 36.4 Å². The van der Waals surface area contributed by atoms with Crippen molar-refractivity contribution in [1.29, 1.82) is 0 Å². The molecule has 0 aliphatic rings. The van der Waals surface area contributed by atoms with E-state index in [9.17, 15) is 22.4 Å². The molecule has 0 saturated heterocycles. The second-order valence-corrected chi connectivity index (χ2v) is 13.8. The predicted octanol–water partition coefficient (Wildman–Crippen LogP) is 7.54. The average molecular weight is 705 g/mol. The topological polar surface area (TPSA) is 86.8 Å². The Labute approximate surface area is 283 Å². The number of nitrogens with one attached hydrogen (secondary N) is 1. The zero-order valence-corrected chi connectivity index (χ0v) is 28.3. The second-order valence-electron chi connectivity index (χ2n) is 10.7. The maximum atomic E-state index is 14.5. The van der Waals surface area contributed by atoms with E-state index in [1.807, 2.05) is 44.2 Å². The highest BCUT2D eigenvalue weighted by atomic mass is 35.5. The molecule has 0 spiro atoms. The van der Waals surface area contributed by atoms with Gasteiger partial charge in [0.2, 0.25) is 11.8 Å². The summed E-state index contributed by atoms with van der Waals surface area (Å²) in [6.07, 6.45) is 0.757. The molecule has 0 aliphatic carbocycles. The molecule has 0 unspecified atom stereocenters. The van der Waals surface area contributed by atoms with Crippen molar-refractivity contribution in [1.82, 2.24) is 10.2 Å². The van der Waals surface area contributed by atoms with E-state index in [1.165, 1.54) is 23.1 Å². The first-order valence-electron chi connectivity index (χ1n) is 14.5. The van der Waals surface area contributed by atoms with Gasteiger partial charge >= 0.3 is 0 Å². The number of halogens is 4. The Balaban J connectivity index is 1.85. The highest BCUT2D eigenvalue weighted by Crippen LogP contribution is 2.30. The number of hydrogen-bond acceptors (Lipinski definition) is 4. The number of nitrogens with zero attached hydrogens (tertiary/aromatic N) is 2. The molecule has 242 valence electrons. The zero-order chi connectivity index (χ0) is 33.4. The third-order valence-electron chi connectivity index (χ3n) is 7.46. The van der Waals surface area contributed by atoms with Crippen LogP contribution in [0.1, 0.15) is 31.4 Å². The van der Waals surface area contributed by atoms with Crippen LogP contribution >= 0.6 is 34.8 Å². The monoisotopic (exact) mass is 703 g/mol. The van der Waals surface area contributed by atoms with Gasteiger partial charge in [0, 0.05) is 34.6 Å². The molecular weight excluding hydrogens is 672 g/mol. The molecule has 0 aromatic heterocycles. The fourth-order valence-corrected chi connectivity index (χ4v) is 6.86. The lowest BCUT2D eigenvalue weighted by Gasteiger charge is -2.34. The Morgan fingerprint density at radius 2 is 1.46 bits per heavy atom. The maximum Gasteiger partial charge on any atom is 0.264 e. The molecule has 46 heavy (non-hydrogen) atoms. The standard InChI is InChI=1S/C34H33Cl3FN3O4S/c1-3-23(2)39-34(43)32(19-24-11-6-4-7-12-24)40(21-27-28(35)15-10-16-29(27)36)33(42)22-41(25-17-18-31(38)30(37)20-25)46(44,45)26-13-8-5-9-14-26/h4-18,20,23,32H,3,19,21-22H2,1-2H3,(H,39,43)/t23-,32+/m1/s1. The zero-order valence-electron chi connectivity index (χ0n) is 25.2. The lowest BCUT2D eigenvalue weighted by molar-refractivity contribution is -0.140. The quantitative estimate of drug-likeness (QED) is 0.156. The van der Waals surface area contributed by atoms with Gasteiger partial charge in [-0.3, -0.25) is 13.9 Å². The van der Waals surface area contributed by atoms with Crippen molar-refractivity contribution in [3.63, 3.8) is 0 Å². The summed E-state index contributed by atoms with van der Waals surface area (Å²) in [5.74, 6) is -1.92. The Kier molecular flexibility index (Phi) is 12.1. The van der Waals surface area contributed by atoms with Gasteiger partial charge in [-0.05, 0) is 61.4 Å². The minimum atomic E-state index is -4.38. The third-order valence-corrected chi connectivity index (χ3v) is 10.2. The molecule has 0 heterocycles. The molecule has 0 aliphatic heterocycles. The number of rotatable bonds is 13. The molecule has 2 atom stereocenters. The van der Waals surface area contributed by atoms with Crippen molar-refractivity contribution in [2.45, 2.75) is 50.2 Å². The Morgan fingerprint density at radius 3 is 2.04 bits per heavy atom. The molecule has 4 aromatic rings. The van der Waals surface area contributed by atoms with Gasteiger partial charge in [-0.1, -0.05) is 96.3 Å². The van der Waals surface area contributed by atoms with Gasteiger partial charge in [0.15, 0.2) is 0 Å². The van der Waals surface area contributed by atoms with Crippen molar-refractivity contribution < 1.29 is 22.4 Å².